The maximum atomic E-state index is 14.8. The molecule has 1 aromatic heterocycles. The molecule has 0 saturated carbocycles. The molecule has 4 aromatic rings. The standard InChI is InChI=1S/C25H22ClFN4O3/c26-13-22(32)31-18-7-4-8-19(12-18)34-25-23(24(28)29-15-30-25)17-9-10-21(20(27)11-17)33-14-16-5-2-1-3-6-16/h1-12,15,22,31-32H,13-14H2,(H2,28,29,30). The number of aliphatic hydroxyl groups excluding tert-OH is 1. The molecule has 0 aliphatic heterocycles. The van der Waals surface area contributed by atoms with Gasteiger partial charge in [-0.25, -0.2) is 14.4 Å². The van der Waals surface area contributed by atoms with E-state index in [4.69, 9.17) is 26.8 Å². The third kappa shape index (κ3) is 5.72. The van der Waals surface area contributed by atoms with Crippen LogP contribution in [0.1, 0.15) is 5.56 Å². The number of nitrogens with two attached hydrogens (primary N) is 1. The van der Waals surface area contributed by atoms with Crippen molar-refractivity contribution in [3.63, 3.8) is 0 Å². The van der Waals surface area contributed by atoms with Crippen molar-refractivity contribution in [1.82, 2.24) is 9.97 Å². The van der Waals surface area contributed by atoms with Gasteiger partial charge in [0.05, 0.1) is 11.4 Å². The molecular weight excluding hydrogens is 459 g/mol. The molecule has 0 aliphatic rings. The zero-order chi connectivity index (χ0) is 23.9. The predicted octanol–water partition coefficient (Wildman–Crippen LogP) is 5.21. The van der Waals surface area contributed by atoms with Gasteiger partial charge in [0.2, 0.25) is 5.88 Å². The lowest BCUT2D eigenvalue weighted by molar-refractivity contribution is 0.227. The van der Waals surface area contributed by atoms with Crippen LogP contribution in [0.3, 0.4) is 0 Å². The van der Waals surface area contributed by atoms with E-state index in [9.17, 15) is 9.50 Å². The van der Waals surface area contributed by atoms with E-state index < -0.39 is 12.0 Å². The summed E-state index contributed by atoms with van der Waals surface area (Å²) in [5, 5.41) is 12.5. The lowest BCUT2D eigenvalue weighted by atomic mass is 10.1. The summed E-state index contributed by atoms with van der Waals surface area (Å²) in [5.41, 5.74) is 8.40. The zero-order valence-corrected chi connectivity index (χ0v) is 18.7. The van der Waals surface area contributed by atoms with Crippen molar-refractivity contribution in [2.45, 2.75) is 12.8 Å². The van der Waals surface area contributed by atoms with Crippen LogP contribution in [0.2, 0.25) is 0 Å². The van der Waals surface area contributed by atoms with E-state index >= 15 is 0 Å². The minimum Gasteiger partial charge on any atom is -0.486 e. The summed E-state index contributed by atoms with van der Waals surface area (Å²) in [5.74, 6) is 0.295. The molecular formula is C25H22ClFN4O3. The molecule has 174 valence electrons. The largest absolute Gasteiger partial charge is 0.486 e. The van der Waals surface area contributed by atoms with Crippen LogP contribution in [0.4, 0.5) is 15.9 Å². The molecule has 3 aromatic carbocycles. The number of nitrogens with zero attached hydrogens (tertiary/aromatic N) is 2. The molecule has 1 atom stereocenters. The Kier molecular flexibility index (Phi) is 7.41. The molecule has 0 radical (unpaired) electrons. The third-order valence-electron chi connectivity index (χ3n) is 4.83. The molecule has 0 bridgehead atoms. The fraction of sp³-hybridized carbons (Fsp3) is 0.120. The number of hydrogen-bond acceptors (Lipinski definition) is 7. The van der Waals surface area contributed by atoms with Gasteiger partial charge in [-0.15, -0.1) is 11.6 Å². The molecule has 4 rings (SSSR count). The first-order valence-electron chi connectivity index (χ1n) is 10.4. The van der Waals surface area contributed by atoms with E-state index in [0.717, 1.165) is 5.56 Å². The topological polar surface area (TPSA) is 103 Å². The zero-order valence-electron chi connectivity index (χ0n) is 18.0. The second-order valence-electron chi connectivity index (χ2n) is 7.30. The van der Waals surface area contributed by atoms with Gasteiger partial charge in [-0.3, -0.25) is 0 Å². The number of hydrogen-bond donors (Lipinski definition) is 3. The molecule has 0 aliphatic carbocycles. The highest BCUT2D eigenvalue weighted by molar-refractivity contribution is 6.18. The number of ether oxygens (including phenoxy) is 2. The van der Waals surface area contributed by atoms with Gasteiger partial charge in [0, 0.05) is 11.8 Å². The Morgan fingerprint density at radius 1 is 1.03 bits per heavy atom. The van der Waals surface area contributed by atoms with Gasteiger partial charge in [0.1, 0.15) is 30.7 Å². The maximum absolute atomic E-state index is 14.8. The van der Waals surface area contributed by atoms with Gasteiger partial charge in [-0.05, 0) is 35.4 Å². The minimum atomic E-state index is -0.909. The normalized spacial score (nSPS) is 11.6. The number of aliphatic hydroxyl groups is 1. The van der Waals surface area contributed by atoms with Crippen molar-refractivity contribution in [3.8, 4) is 28.5 Å². The van der Waals surface area contributed by atoms with Crippen molar-refractivity contribution in [2.24, 2.45) is 0 Å². The molecule has 34 heavy (non-hydrogen) atoms. The number of rotatable bonds is 9. The Hall–Kier alpha value is -3.88. The number of anilines is 2. The van der Waals surface area contributed by atoms with Gasteiger partial charge >= 0.3 is 0 Å². The van der Waals surface area contributed by atoms with Crippen molar-refractivity contribution in [1.29, 1.82) is 0 Å². The SMILES string of the molecule is Nc1ncnc(Oc2cccc(NC(O)CCl)c2)c1-c1ccc(OCc2ccccc2)c(F)c1. The van der Waals surface area contributed by atoms with E-state index in [1.165, 1.54) is 18.5 Å². The van der Waals surface area contributed by atoms with Gasteiger partial charge in [-0.1, -0.05) is 42.5 Å². The maximum Gasteiger partial charge on any atom is 0.232 e. The number of nitrogens with one attached hydrogen (secondary N) is 1. The first-order chi connectivity index (χ1) is 16.5. The molecule has 0 saturated heterocycles. The third-order valence-corrected chi connectivity index (χ3v) is 5.12. The van der Waals surface area contributed by atoms with Crippen LogP contribution < -0.4 is 20.5 Å². The number of aromatic nitrogens is 2. The first-order valence-corrected chi connectivity index (χ1v) is 10.9. The summed E-state index contributed by atoms with van der Waals surface area (Å²) < 4.78 is 26.4. The molecule has 1 heterocycles. The van der Waals surface area contributed by atoms with E-state index in [1.54, 1.807) is 30.3 Å². The van der Waals surface area contributed by atoms with Crippen molar-refractivity contribution >= 4 is 23.1 Å². The fourth-order valence-corrected chi connectivity index (χ4v) is 3.31. The van der Waals surface area contributed by atoms with Gasteiger partial charge < -0.3 is 25.6 Å². The van der Waals surface area contributed by atoms with E-state index in [1.807, 2.05) is 30.3 Å². The Balaban J connectivity index is 1.57. The van der Waals surface area contributed by atoms with Crippen molar-refractivity contribution in [2.75, 3.05) is 16.9 Å². The van der Waals surface area contributed by atoms with Crippen LogP contribution in [-0.2, 0) is 6.61 Å². The number of halogens is 2. The highest BCUT2D eigenvalue weighted by Crippen LogP contribution is 2.37. The van der Waals surface area contributed by atoms with E-state index in [0.29, 0.717) is 22.6 Å². The highest BCUT2D eigenvalue weighted by Gasteiger charge is 2.17. The lowest BCUT2D eigenvalue weighted by Crippen LogP contribution is -2.19. The van der Waals surface area contributed by atoms with Crippen molar-refractivity contribution < 1.29 is 19.0 Å². The minimum absolute atomic E-state index is 0.0221. The fourth-order valence-electron chi connectivity index (χ4n) is 3.23. The molecule has 9 heteroatoms. The van der Waals surface area contributed by atoms with Crippen LogP contribution in [0.15, 0.2) is 79.1 Å². The molecule has 0 spiro atoms. The van der Waals surface area contributed by atoms with E-state index in [-0.39, 0.29) is 29.9 Å². The van der Waals surface area contributed by atoms with Crippen molar-refractivity contribution in [3.05, 3.63) is 90.5 Å². The molecule has 4 N–H and O–H groups in total. The Labute approximate surface area is 201 Å². The average Bonchev–Trinajstić information content (AvgIpc) is 2.84. The van der Waals surface area contributed by atoms with E-state index in [2.05, 4.69) is 15.3 Å². The summed E-state index contributed by atoms with van der Waals surface area (Å²) in [4.78, 5) is 8.21. The summed E-state index contributed by atoms with van der Waals surface area (Å²) in [6.45, 7) is 0.241. The van der Waals surface area contributed by atoms with Crippen LogP contribution in [-0.4, -0.2) is 27.2 Å². The summed E-state index contributed by atoms with van der Waals surface area (Å²) in [6, 6.07) is 20.9. The van der Waals surface area contributed by atoms with Crippen LogP contribution >= 0.6 is 11.6 Å². The average molecular weight is 481 g/mol. The van der Waals surface area contributed by atoms with Crippen LogP contribution in [0, 0.1) is 5.82 Å². The van der Waals surface area contributed by atoms with Gasteiger partial charge in [-0.2, -0.15) is 0 Å². The quantitative estimate of drug-likeness (QED) is 0.223. The Morgan fingerprint density at radius 2 is 1.85 bits per heavy atom. The summed E-state index contributed by atoms with van der Waals surface area (Å²) in [6.07, 6.45) is 0.356. The Bertz CT molecular complexity index is 1260. The highest BCUT2D eigenvalue weighted by atomic mass is 35.5. The Morgan fingerprint density at radius 3 is 2.62 bits per heavy atom. The number of nitrogen functional groups attached to an aromatic ring is 1. The summed E-state index contributed by atoms with van der Waals surface area (Å²) in [7, 11) is 0. The predicted molar refractivity (Wildman–Crippen MR) is 129 cm³/mol. The second kappa shape index (κ2) is 10.8. The molecule has 0 fully saturated rings. The van der Waals surface area contributed by atoms with Crippen LogP contribution in [0.5, 0.6) is 17.4 Å². The smallest absolute Gasteiger partial charge is 0.232 e. The first kappa shape index (κ1) is 23.3. The molecule has 1 unspecified atom stereocenters. The molecule has 7 nitrogen and oxygen atoms in total. The summed E-state index contributed by atoms with van der Waals surface area (Å²) >= 11 is 5.64. The monoisotopic (exact) mass is 480 g/mol. The number of alkyl halides is 1. The van der Waals surface area contributed by atoms with Gasteiger partial charge in [0.25, 0.3) is 0 Å². The van der Waals surface area contributed by atoms with Crippen LogP contribution in [0.25, 0.3) is 11.1 Å². The lowest BCUT2D eigenvalue weighted by Gasteiger charge is -2.15. The van der Waals surface area contributed by atoms with Gasteiger partial charge in [0.15, 0.2) is 11.6 Å². The molecule has 0 amide bonds. The number of benzene rings is 3. The second-order valence-corrected chi connectivity index (χ2v) is 7.61.